The van der Waals surface area contributed by atoms with E-state index in [1.165, 1.54) is 0 Å². The maximum atomic E-state index is 12.3. The van der Waals surface area contributed by atoms with Gasteiger partial charge in [-0.05, 0) is 25.5 Å². The zero-order valence-corrected chi connectivity index (χ0v) is 12.7. The number of fused-ring (bicyclic) bond motifs is 1. The van der Waals surface area contributed by atoms with E-state index in [0.29, 0.717) is 13.0 Å². The number of benzene rings is 1. The molecule has 5 heteroatoms. The Morgan fingerprint density at radius 2 is 2.14 bits per heavy atom. The van der Waals surface area contributed by atoms with Crippen LogP contribution in [0.4, 0.5) is 0 Å². The second-order valence-electron chi connectivity index (χ2n) is 5.20. The summed E-state index contributed by atoms with van der Waals surface area (Å²) in [6.45, 7) is 2.40. The van der Waals surface area contributed by atoms with Crippen LogP contribution in [0.5, 0.6) is 0 Å². The van der Waals surface area contributed by atoms with Gasteiger partial charge in [0.1, 0.15) is 11.3 Å². The molecule has 0 fully saturated rings. The Kier molecular flexibility index (Phi) is 4.98. The quantitative estimate of drug-likeness (QED) is 0.886. The highest BCUT2D eigenvalue weighted by Crippen LogP contribution is 2.26. The number of likely N-dealkylation sites (N-methyl/N-ethyl adjacent to an activating group) is 1. The summed E-state index contributed by atoms with van der Waals surface area (Å²) in [5.74, 6) is 0.644. The number of carbonyl (C=O) groups excluding carboxylic acids is 1. The number of amides is 1. The van der Waals surface area contributed by atoms with Crippen LogP contribution >= 0.6 is 0 Å². The Bertz CT molecular complexity index is 575. The van der Waals surface area contributed by atoms with Crippen molar-refractivity contribution < 1.29 is 13.9 Å². The fraction of sp³-hybridized carbons (Fsp3) is 0.438. The first-order valence-corrected chi connectivity index (χ1v) is 7.04. The molecule has 1 aromatic heterocycles. The summed E-state index contributed by atoms with van der Waals surface area (Å²) < 4.78 is 10.8. The number of hydrogen-bond donors (Lipinski definition) is 1. The molecule has 2 atom stereocenters. The van der Waals surface area contributed by atoms with Gasteiger partial charge in [-0.25, -0.2) is 0 Å². The molecule has 0 aliphatic carbocycles. The van der Waals surface area contributed by atoms with E-state index in [4.69, 9.17) is 14.9 Å². The minimum Gasteiger partial charge on any atom is -0.459 e. The standard InChI is InChI=1S/C16H22N2O3/c1-11(18(2)16(19)13(17)8-9-20-3)15-10-12-6-4-5-7-14(12)21-15/h4-7,10-11,13H,8-9,17H2,1-3H3. The number of carbonyl (C=O) groups is 1. The monoisotopic (exact) mass is 290 g/mol. The van der Waals surface area contributed by atoms with Crippen LogP contribution in [0.15, 0.2) is 34.7 Å². The first-order chi connectivity index (χ1) is 10.0. The first kappa shape index (κ1) is 15.5. The first-order valence-electron chi connectivity index (χ1n) is 7.04. The van der Waals surface area contributed by atoms with E-state index in [1.54, 1.807) is 19.1 Å². The van der Waals surface area contributed by atoms with Gasteiger partial charge >= 0.3 is 0 Å². The Balaban J connectivity index is 2.10. The predicted molar refractivity (Wildman–Crippen MR) is 81.9 cm³/mol. The number of nitrogens with two attached hydrogens (primary N) is 1. The average Bonchev–Trinajstić information content (AvgIpc) is 2.94. The predicted octanol–water partition coefficient (Wildman–Crippen LogP) is 2.32. The van der Waals surface area contributed by atoms with Gasteiger partial charge in [-0.15, -0.1) is 0 Å². The van der Waals surface area contributed by atoms with Gasteiger partial charge in [0.25, 0.3) is 0 Å². The van der Waals surface area contributed by atoms with Crippen LogP contribution in [0.3, 0.4) is 0 Å². The molecule has 2 aromatic rings. The van der Waals surface area contributed by atoms with E-state index >= 15 is 0 Å². The zero-order valence-electron chi connectivity index (χ0n) is 12.7. The van der Waals surface area contributed by atoms with Gasteiger partial charge in [0.2, 0.25) is 5.91 Å². The Labute approximate surface area is 124 Å². The number of methoxy groups -OCH3 is 1. The molecule has 114 valence electrons. The van der Waals surface area contributed by atoms with Gasteiger partial charge in [0.05, 0.1) is 12.1 Å². The van der Waals surface area contributed by atoms with Crippen molar-refractivity contribution in [1.82, 2.24) is 4.90 Å². The molecule has 0 radical (unpaired) electrons. The molecule has 2 N–H and O–H groups in total. The summed E-state index contributed by atoms with van der Waals surface area (Å²) in [4.78, 5) is 13.9. The molecular weight excluding hydrogens is 268 g/mol. The normalized spacial score (nSPS) is 14.1. The number of ether oxygens (including phenoxy) is 1. The summed E-state index contributed by atoms with van der Waals surface area (Å²) in [5, 5.41) is 1.03. The van der Waals surface area contributed by atoms with Crippen molar-refractivity contribution in [2.45, 2.75) is 25.4 Å². The molecule has 21 heavy (non-hydrogen) atoms. The summed E-state index contributed by atoms with van der Waals surface area (Å²) in [6, 6.07) is 9.03. The van der Waals surface area contributed by atoms with Crippen molar-refractivity contribution in [3.8, 4) is 0 Å². The molecular formula is C16H22N2O3. The van der Waals surface area contributed by atoms with Crippen LogP contribution in [0.25, 0.3) is 11.0 Å². The van der Waals surface area contributed by atoms with E-state index in [2.05, 4.69) is 0 Å². The number of para-hydroxylation sites is 1. The van der Waals surface area contributed by atoms with Gasteiger partial charge < -0.3 is 19.8 Å². The third kappa shape index (κ3) is 3.43. The molecule has 1 amide bonds. The fourth-order valence-corrected chi connectivity index (χ4v) is 2.22. The van der Waals surface area contributed by atoms with E-state index in [-0.39, 0.29) is 11.9 Å². The number of hydrogen-bond acceptors (Lipinski definition) is 4. The molecule has 2 rings (SSSR count). The van der Waals surface area contributed by atoms with Crippen molar-refractivity contribution >= 4 is 16.9 Å². The third-order valence-electron chi connectivity index (χ3n) is 3.74. The fourth-order valence-electron chi connectivity index (χ4n) is 2.22. The van der Waals surface area contributed by atoms with Gasteiger partial charge in [-0.3, -0.25) is 4.79 Å². The lowest BCUT2D eigenvalue weighted by atomic mass is 10.1. The minimum absolute atomic E-state index is 0.111. The van der Waals surface area contributed by atoms with E-state index < -0.39 is 6.04 Å². The molecule has 1 heterocycles. The van der Waals surface area contributed by atoms with Gasteiger partial charge in [0, 0.05) is 26.2 Å². The van der Waals surface area contributed by atoms with Crippen LogP contribution in [0.1, 0.15) is 25.1 Å². The van der Waals surface area contributed by atoms with Crippen LogP contribution in [0.2, 0.25) is 0 Å². The largest absolute Gasteiger partial charge is 0.459 e. The second-order valence-corrected chi connectivity index (χ2v) is 5.20. The second kappa shape index (κ2) is 6.74. The van der Waals surface area contributed by atoms with Gasteiger partial charge in [0.15, 0.2) is 0 Å². The van der Waals surface area contributed by atoms with Crippen LogP contribution < -0.4 is 5.73 Å². The lowest BCUT2D eigenvalue weighted by molar-refractivity contribution is -0.133. The summed E-state index contributed by atoms with van der Waals surface area (Å²) in [5.41, 5.74) is 6.72. The van der Waals surface area contributed by atoms with Crippen LogP contribution in [0, 0.1) is 0 Å². The van der Waals surface area contributed by atoms with E-state index in [9.17, 15) is 4.79 Å². The molecule has 0 aliphatic heterocycles. The number of rotatable bonds is 6. The highest BCUT2D eigenvalue weighted by molar-refractivity contribution is 5.82. The molecule has 0 aliphatic rings. The average molecular weight is 290 g/mol. The maximum absolute atomic E-state index is 12.3. The van der Waals surface area contributed by atoms with Gasteiger partial charge in [-0.2, -0.15) is 0 Å². The summed E-state index contributed by atoms with van der Waals surface area (Å²) >= 11 is 0. The highest BCUT2D eigenvalue weighted by atomic mass is 16.5. The van der Waals surface area contributed by atoms with Crippen molar-refractivity contribution in [1.29, 1.82) is 0 Å². The lowest BCUT2D eigenvalue weighted by Crippen LogP contribution is -2.43. The van der Waals surface area contributed by atoms with Crippen molar-refractivity contribution in [2.75, 3.05) is 20.8 Å². The molecule has 0 saturated carbocycles. The van der Waals surface area contributed by atoms with Crippen LogP contribution in [-0.4, -0.2) is 37.6 Å². The Morgan fingerprint density at radius 1 is 1.43 bits per heavy atom. The molecule has 2 unspecified atom stereocenters. The minimum atomic E-state index is -0.554. The Hall–Kier alpha value is -1.85. The Morgan fingerprint density at radius 3 is 2.81 bits per heavy atom. The van der Waals surface area contributed by atoms with Crippen LogP contribution in [-0.2, 0) is 9.53 Å². The highest BCUT2D eigenvalue weighted by Gasteiger charge is 2.24. The zero-order chi connectivity index (χ0) is 15.4. The molecule has 0 saturated heterocycles. The maximum Gasteiger partial charge on any atom is 0.239 e. The molecule has 0 bridgehead atoms. The number of furan rings is 1. The van der Waals surface area contributed by atoms with Gasteiger partial charge in [-0.1, -0.05) is 18.2 Å². The number of nitrogens with zero attached hydrogens (tertiary/aromatic N) is 1. The van der Waals surface area contributed by atoms with E-state index in [0.717, 1.165) is 16.7 Å². The summed E-state index contributed by atoms with van der Waals surface area (Å²) in [6.07, 6.45) is 0.506. The molecule has 0 spiro atoms. The lowest BCUT2D eigenvalue weighted by Gasteiger charge is -2.26. The van der Waals surface area contributed by atoms with E-state index in [1.807, 2.05) is 37.3 Å². The SMILES string of the molecule is COCCC(N)C(=O)N(C)C(C)c1cc2ccccc2o1. The van der Waals surface area contributed by atoms with Crippen molar-refractivity contribution in [3.05, 3.63) is 36.1 Å². The van der Waals surface area contributed by atoms with Crippen molar-refractivity contribution in [3.63, 3.8) is 0 Å². The molecule has 1 aromatic carbocycles. The smallest absolute Gasteiger partial charge is 0.239 e. The topological polar surface area (TPSA) is 68.7 Å². The molecule has 5 nitrogen and oxygen atoms in total. The summed E-state index contributed by atoms with van der Waals surface area (Å²) in [7, 11) is 3.34. The van der Waals surface area contributed by atoms with Crippen molar-refractivity contribution in [2.24, 2.45) is 5.73 Å². The third-order valence-corrected chi connectivity index (χ3v) is 3.74.